The molecule has 1 atom stereocenters. The highest BCUT2D eigenvalue weighted by Crippen LogP contribution is 2.25. The number of carbonyl (C=O) groups is 2. The first kappa shape index (κ1) is 14.5. The summed E-state index contributed by atoms with van der Waals surface area (Å²) >= 11 is 7.36. The van der Waals surface area contributed by atoms with Crippen LogP contribution in [0.2, 0.25) is 0 Å². The van der Waals surface area contributed by atoms with Gasteiger partial charge in [-0.15, -0.1) is 38.4 Å². The number of hydrogen-bond donors (Lipinski definition) is 2. The largest absolute Gasteiger partial charge is 0.361 e. The van der Waals surface area contributed by atoms with Crippen LogP contribution in [0, 0.1) is 0 Å². The average Bonchev–Trinajstić information content (AvgIpc) is 2.13. The van der Waals surface area contributed by atoms with Crippen LogP contribution in [0.1, 0.15) is 12.8 Å². The van der Waals surface area contributed by atoms with Gasteiger partial charge in [-0.1, -0.05) is 12.2 Å². The quantitative estimate of drug-likeness (QED) is 0.507. The molecule has 0 spiro atoms. The Balaban J connectivity index is 4.86. The minimum absolute atomic E-state index is 0.127. The Morgan fingerprint density at radius 2 is 1.87 bits per heavy atom. The molecule has 0 aliphatic carbocycles. The Morgan fingerprint density at radius 3 is 2.20 bits per heavy atom. The molecule has 0 saturated carbocycles. The maximum absolute atomic E-state index is 11.4. The molecule has 0 aromatic rings. The number of hydrogen-bond acceptors (Lipinski definition) is 3. The molecule has 5 heteroatoms. The molecular weight excluding hydrogens is 232 g/mol. The predicted octanol–water partition coefficient (Wildman–Crippen LogP) is 1.81. The van der Waals surface area contributed by atoms with Crippen molar-refractivity contribution in [3.63, 3.8) is 0 Å². The summed E-state index contributed by atoms with van der Waals surface area (Å²) in [5.74, 6) is 0. The van der Waals surface area contributed by atoms with Crippen molar-refractivity contribution in [1.29, 1.82) is 0 Å². The Hall–Kier alpha value is -0.520. The lowest BCUT2D eigenvalue weighted by Crippen LogP contribution is -2.40. The van der Waals surface area contributed by atoms with Crippen molar-refractivity contribution in [3.8, 4) is 0 Å². The summed E-state index contributed by atoms with van der Waals surface area (Å²) in [6, 6.07) is 0. The van der Waals surface area contributed by atoms with Crippen LogP contribution in [0.5, 0.6) is 0 Å². The molecular formula is C10H14O3S2. The summed E-state index contributed by atoms with van der Waals surface area (Å²) in [7, 11) is 0. The summed E-state index contributed by atoms with van der Waals surface area (Å²) < 4.78 is 5.31. The van der Waals surface area contributed by atoms with Crippen LogP contribution in [-0.2, 0) is 14.3 Å². The molecule has 84 valence electrons. The summed E-state index contributed by atoms with van der Waals surface area (Å²) in [5, 5.41) is -0.935. The normalized spacial score (nSPS) is 14.0. The van der Waals surface area contributed by atoms with E-state index in [9.17, 15) is 9.59 Å². The van der Waals surface area contributed by atoms with Crippen LogP contribution in [0.3, 0.4) is 0 Å². The standard InChI is InChI=1S/C10H14O3S2/c1-3-5-10(9(12)15,7-8(11)14)13-6-4-2/h3-4H,1-2,5-7H2,(H,11,14)(H,12,15). The Morgan fingerprint density at radius 1 is 1.27 bits per heavy atom. The van der Waals surface area contributed by atoms with Crippen LogP contribution in [0.25, 0.3) is 0 Å². The van der Waals surface area contributed by atoms with Crippen molar-refractivity contribution in [2.45, 2.75) is 18.4 Å². The molecule has 0 heterocycles. The van der Waals surface area contributed by atoms with Gasteiger partial charge in [0.25, 0.3) is 0 Å². The first-order valence-corrected chi connectivity index (χ1v) is 5.19. The summed E-state index contributed by atoms with van der Waals surface area (Å²) in [6.45, 7) is 7.15. The van der Waals surface area contributed by atoms with Crippen molar-refractivity contribution < 1.29 is 14.3 Å². The fourth-order valence-corrected chi connectivity index (χ4v) is 1.59. The van der Waals surface area contributed by atoms with Gasteiger partial charge in [-0.3, -0.25) is 9.59 Å². The zero-order chi connectivity index (χ0) is 11.9. The minimum atomic E-state index is -1.27. The number of rotatable bonds is 8. The Bertz CT molecular complexity index is 276. The second-order valence-electron chi connectivity index (χ2n) is 2.96. The second-order valence-corrected chi connectivity index (χ2v) is 3.87. The van der Waals surface area contributed by atoms with Gasteiger partial charge in [-0.05, 0) is 0 Å². The van der Waals surface area contributed by atoms with Crippen molar-refractivity contribution >= 4 is 35.5 Å². The van der Waals surface area contributed by atoms with E-state index < -0.39 is 15.8 Å². The predicted molar refractivity (Wildman–Crippen MR) is 66.3 cm³/mol. The molecule has 0 aliphatic rings. The van der Waals surface area contributed by atoms with Crippen molar-refractivity contribution in [3.05, 3.63) is 25.3 Å². The summed E-state index contributed by atoms with van der Waals surface area (Å²) in [6.07, 6.45) is 3.10. The van der Waals surface area contributed by atoms with Crippen molar-refractivity contribution in [2.24, 2.45) is 0 Å². The van der Waals surface area contributed by atoms with Gasteiger partial charge >= 0.3 is 0 Å². The molecule has 15 heavy (non-hydrogen) atoms. The highest BCUT2D eigenvalue weighted by atomic mass is 32.1. The van der Waals surface area contributed by atoms with E-state index in [4.69, 9.17) is 4.74 Å². The highest BCUT2D eigenvalue weighted by Gasteiger charge is 2.37. The van der Waals surface area contributed by atoms with E-state index in [0.717, 1.165) is 0 Å². The number of thiol groups is 2. The van der Waals surface area contributed by atoms with E-state index in [1.165, 1.54) is 12.2 Å². The van der Waals surface area contributed by atoms with E-state index in [-0.39, 0.29) is 19.4 Å². The lowest BCUT2D eigenvalue weighted by molar-refractivity contribution is -0.138. The third kappa shape index (κ3) is 4.68. The van der Waals surface area contributed by atoms with Gasteiger partial charge in [0, 0.05) is 6.42 Å². The molecule has 0 rings (SSSR count). The van der Waals surface area contributed by atoms with Crippen LogP contribution < -0.4 is 0 Å². The SMILES string of the molecule is C=CCOC(CC=C)(CC(=O)S)C(=O)S. The van der Waals surface area contributed by atoms with Gasteiger partial charge in [0.15, 0.2) is 5.12 Å². The number of ether oxygens (including phenoxy) is 1. The molecule has 3 nitrogen and oxygen atoms in total. The third-order valence-corrected chi connectivity index (χ3v) is 2.34. The van der Waals surface area contributed by atoms with E-state index >= 15 is 0 Å². The van der Waals surface area contributed by atoms with E-state index in [1.54, 1.807) is 0 Å². The topological polar surface area (TPSA) is 43.4 Å². The molecule has 0 bridgehead atoms. The molecule has 0 fully saturated rings. The Kier molecular flexibility index (Phi) is 6.63. The van der Waals surface area contributed by atoms with Gasteiger partial charge in [0.2, 0.25) is 5.12 Å². The molecule has 0 aromatic carbocycles. The molecule has 0 aliphatic heterocycles. The molecule has 0 radical (unpaired) electrons. The third-order valence-electron chi connectivity index (χ3n) is 1.78. The molecule has 0 saturated heterocycles. The fourth-order valence-electron chi connectivity index (χ4n) is 1.10. The average molecular weight is 246 g/mol. The smallest absolute Gasteiger partial charge is 0.218 e. The zero-order valence-corrected chi connectivity index (χ0v) is 10.1. The van der Waals surface area contributed by atoms with Gasteiger partial charge in [0.1, 0.15) is 5.60 Å². The lowest BCUT2D eigenvalue weighted by Gasteiger charge is -2.27. The van der Waals surface area contributed by atoms with Crippen LogP contribution in [-0.4, -0.2) is 22.4 Å². The van der Waals surface area contributed by atoms with Crippen LogP contribution >= 0.6 is 25.3 Å². The van der Waals surface area contributed by atoms with Gasteiger partial charge in [0.05, 0.1) is 13.0 Å². The zero-order valence-electron chi connectivity index (χ0n) is 8.31. The van der Waals surface area contributed by atoms with E-state index in [0.29, 0.717) is 0 Å². The lowest BCUT2D eigenvalue weighted by atomic mass is 9.97. The highest BCUT2D eigenvalue weighted by molar-refractivity contribution is 7.97. The maximum atomic E-state index is 11.4. The van der Waals surface area contributed by atoms with Gasteiger partial charge in [-0.2, -0.15) is 0 Å². The van der Waals surface area contributed by atoms with Crippen LogP contribution in [0.15, 0.2) is 25.3 Å². The van der Waals surface area contributed by atoms with Crippen molar-refractivity contribution in [1.82, 2.24) is 0 Å². The van der Waals surface area contributed by atoms with E-state index in [2.05, 4.69) is 38.4 Å². The Labute approximate surface area is 100 Å². The van der Waals surface area contributed by atoms with Gasteiger partial charge < -0.3 is 4.74 Å². The van der Waals surface area contributed by atoms with Crippen LogP contribution in [0.4, 0.5) is 0 Å². The molecule has 1 unspecified atom stereocenters. The van der Waals surface area contributed by atoms with Crippen molar-refractivity contribution in [2.75, 3.05) is 6.61 Å². The monoisotopic (exact) mass is 246 g/mol. The minimum Gasteiger partial charge on any atom is -0.361 e. The second kappa shape index (κ2) is 6.87. The summed E-state index contributed by atoms with van der Waals surface area (Å²) in [4.78, 5) is 22.3. The first-order chi connectivity index (χ1) is 6.98. The molecule has 0 N–H and O–H groups in total. The number of carbonyl (C=O) groups excluding carboxylic acids is 2. The first-order valence-electron chi connectivity index (χ1n) is 4.29. The maximum Gasteiger partial charge on any atom is 0.218 e. The van der Waals surface area contributed by atoms with E-state index in [1.807, 2.05) is 0 Å². The molecule has 0 amide bonds. The molecule has 0 aromatic heterocycles. The fraction of sp³-hybridized carbons (Fsp3) is 0.400. The summed E-state index contributed by atoms with van der Waals surface area (Å²) in [5.41, 5.74) is -1.27. The van der Waals surface area contributed by atoms with Gasteiger partial charge in [-0.25, -0.2) is 0 Å².